The fourth-order valence-electron chi connectivity index (χ4n) is 4.57. The summed E-state index contributed by atoms with van der Waals surface area (Å²) in [4.78, 5) is 14.1. The summed E-state index contributed by atoms with van der Waals surface area (Å²) in [6, 6.07) is 5.98. The lowest BCUT2D eigenvalue weighted by Crippen LogP contribution is -2.20. The predicted molar refractivity (Wildman–Crippen MR) is 111 cm³/mol. The van der Waals surface area contributed by atoms with Gasteiger partial charge in [0.05, 0.1) is 12.7 Å². The molecule has 1 fully saturated rings. The second-order valence-electron chi connectivity index (χ2n) is 8.63. The van der Waals surface area contributed by atoms with Crippen molar-refractivity contribution in [3.8, 4) is 0 Å². The summed E-state index contributed by atoms with van der Waals surface area (Å²) in [6.07, 6.45) is 11.2. The molecule has 1 atom stereocenters. The number of primary amides is 1. The Balaban J connectivity index is 1.80. The smallest absolute Gasteiger partial charge is 0.249 e. The topological polar surface area (TPSA) is 55.6 Å². The number of ether oxygens (including phenoxy) is 1. The molecular formula is C23H34N2O2. The quantitative estimate of drug-likeness (QED) is 0.766. The van der Waals surface area contributed by atoms with Crippen molar-refractivity contribution < 1.29 is 9.53 Å². The molecule has 2 aliphatic rings. The zero-order valence-electron chi connectivity index (χ0n) is 17.1. The van der Waals surface area contributed by atoms with E-state index in [4.69, 9.17) is 10.5 Å². The van der Waals surface area contributed by atoms with Crippen LogP contribution in [0.25, 0.3) is 5.57 Å². The number of benzene rings is 1. The number of rotatable bonds is 7. The van der Waals surface area contributed by atoms with Gasteiger partial charge in [-0.1, -0.05) is 25.0 Å². The van der Waals surface area contributed by atoms with Gasteiger partial charge in [-0.3, -0.25) is 4.79 Å². The van der Waals surface area contributed by atoms with Gasteiger partial charge in [-0.15, -0.1) is 0 Å². The van der Waals surface area contributed by atoms with Crippen LogP contribution < -0.4 is 5.73 Å². The van der Waals surface area contributed by atoms with Crippen LogP contribution in [0.1, 0.15) is 79.5 Å². The molecule has 1 amide bonds. The van der Waals surface area contributed by atoms with Crippen LogP contribution in [0.4, 0.5) is 0 Å². The van der Waals surface area contributed by atoms with Crippen molar-refractivity contribution in [1.29, 1.82) is 0 Å². The van der Waals surface area contributed by atoms with Crippen molar-refractivity contribution in [3.63, 3.8) is 0 Å². The van der Waals surface area contributed by atoms with E-state index >= 15 is 0 Å². The van der Waals surface area contributed by atoms with Gasteiger partial charge in [-0.25, -0.2) is 0 Å². The van der Waals surface area contributed by atoms with Gasteiger partial charge in [0, 0.05) is 12.1 Å². The maximum Gasteiger partial charge on any atom is 0.249 e. The fourth-order valence-corrected chi connectivity index (χ4v) is 4.57. The number of nitrogens with zero attached hydrogens (tertiary/aromatic N) is 1. The van der Waals surface area contributed by atoms with E-state index in [1.54, 1.807) is 0 Å². The van der Waals surface area contributed by atoms with Gasteiger partial charge in [0.2, 0.25) is 5.91 Å². The molecule has 1 spiro atoms. The Labute approximate surface area is 163 Å². The van der Waals surface area contributed by atoms with Crippen LogP contribution in [-0.2, 0) is 4.74 Å². The molecule has 1 aromatic carbocycles. The number of carbonyl (C=O) groups is 1. The van der Waals surface area contributed by atoms with Crippen molar-refractivity contribution in [1.82, 2.24) is 4.90 Å². The van der Waals surface area contributed by atoms with Gasteiger partial charge in [-0.05, 0) is 87.4 Å². The van der Waals surface area contributed by atoms with E-state index in [0.717, 1.165) is 30.5 Å². The summed E-state index contributed by atoms with van der Waals surface area (Å²) < 4.78 is 5.98. The van der Waals surface area contributed by atoms with E-state index in [-0.39, 0.29) is 12.0 Å². The van der Waals surface area contributed by atoms with E-state index in [1.807, 2.05) is 26.2 Å². The number of hydrogen-bond donors (Lipinski definition) is 1. The molecule has 1 saturated carbocycles. The van der Waals surface area contributed by atoms with Crippen molar-refractivity contribution in [2.24, 2.45) is 11.1 Å². The first-order valence-electron chi connectivity index (χ1n) is 10.3. The van der Waals surface area contributed by atoms with E-state index in [0.29, 0.717) is 17.6 Å². The first-order valence-corrected chi connectivity index (χ1v) is 10.3. The Hall–Kier alpha value is -1.65. The van der Waals surface area contributed by atoms with E-state index in [9.17, 15) is 4.79 Å². The maximum absolute atomic E-state index is 12.0. The number of nitrogens with two attached hydrogens (primary N) is 1. The number of hydrogen-bond acceptors (Lipinski definition) is 3. The molecule has 4 heteroatoms. The molecule has 148 valence electrons. The van der Waals surface area contributed by atoms with Crippen LogP contribution >= 0.6 is 0 Å². The third kappa shape index (κ3) is 4.80. The first-order chi connectivity index (χ1) is 12.9. The molecule has 0 radical (unpaired) electrons. The number of likely N-dealkylation sites (N-methyl/N-ethyl adjacent to an activating group) is 1. The third-order valence-corrected chi connectivity index (χ3v) is 6.40. The van der Waals surface area contributed by atoms with Gasteiger partial charge < -0.3 is 15.4 Å². The summed E-state index contributed by atoms with van der Waals surface area (Å²) in [6.45, 7) is 3.65. The van der Waals surface area contributed by atoms with Crippen molar-refractivity contribution in [2.75, 3.05) is 27.2 Å². The van der Waals surface area contributed by atoms with Gasteiger partial charge in [0.25, 0.3) is 0 Å². The van der Waals surface area contributed by atoms with Crippen molar-refractivity contribution in [3.05, 3.63) is 41.0 Å². The third-order valence-electron chi connectivity index (χ3n) is 6.40. The summed E-state index contributed by atoms with van der Waals surface area (Å²) in [5.41, 5.74) is 10.2. The zero-order chi connectivity index (χ0) is 19.4. The van der Waals surface area contributed by atoms with Crippen LogP contribution in [-0.4, -0.2) is 38.1 Å². The number of amides is 1. The highest BCUT2D eigenvalue weighted by Gasteiger charge is 2.35. The number of carbonyl (C=O) groups excluding carboxylic acids is 1. The molecule has 0 heterocycles. The maximum atomic E-state index is 12.0. The molecule has 1 unspecified atom stereocenters. The molecule has 27 heavy (non-hydrogen) atoms. The standard InChI is InChI=1S/C23H34N2O2/c1-17(27-15-14-25(2)3)19-6-7-20(22(24)26)21(16-19)18-8-12-23(13-9-18)10-4-5-11-23/h6-8,16-17H,4-5,9-15H2,1-3H3,(H2,24,26). The summed E-state index contributed by atoms with van der Waals surface area (Å²) in [7, 11) is 4.08. The molecule has 0 saturated heterocycles. The van der Waals surface area contributed by atoms with Gasteiger partial charge >= 0.3 is 0 Å². The minimum atomic E-state index is -0.347. The molecule has 2 N–H and O–H groups in total. The largest absolute Gasteiger partial charge is 0.372 e. The molecule has 0 bridgehead atoms. The molecular weight excluding hydrogens is 336 g/mol. The predicted octanol–water partition coefficient (Wildman–Crippen LogP) is 4.55. The Morgan fingerprint density at radius 3 is 2.59 bits per heavy atom. The van der Waals surface area contributed by atoms with Gasteiger partial charge in [0.15, 0.2) is 0 Å². The Bertz CT molecular complexity index is 702. The lowest BCUT2D eigenvalue weighted by Gasteiger charge is -2.33. The van der Waals surface area contributed by atoms with E-state index < -0.39 is 0 Å². The van der Waals surface area contributed by atoms with Crippen LogP contribution in [0, 0.1) is 5.41 Å². The monoisotopic (exact) mass is 370 g/mol. The highest BCUT2D eigenvalue weighted by Crippen LogP contribution is 2.50. The Kier molecular flexibility index (Phi) is 6.38. The highest BCUT2D eigenvalue weighted by molar-refractivity contribution is 5.98. The lowest BCUT2D eigenvalue weighted by atomic mass is 9.72. The van der Waals surface area contributed by atoms with Crippen LogP contribution in [0.3, 0.4) is 0 Å². The second kappa shape index (κ2) is 8.57. The molecule has 2 aliphatic carbocycles. The number of allylic oxidation sites excluding steroid dienone is 2. The fraction of sp³-hybridized carbons (Fsp3) is 0.609. The van der Waals surface area contributed by atoms with E-state index in [2.05, 4.69) is 24.0 Å². The normalized spacial score (nSPS) is 20.1. The lowest BCUT2D eigenvalue weighted by molar-refractivity contribution is 0.0555. The highest BCUT2D eigenvalue weighted by atomic mass is 16.5. The first kappa shape index (κ1) is 20.1. The average molecular weight is 371 g/mol. The van der Waals surface area contributed by atoms with Crippen molar-refractivity contribution >= 4 is 11.5 Å². The molecule has 3 rings (SSSR count). The summed E-state index contributed by atoms with van der Waals surface area (Å²) in [5, 5.41) is 0. The van der Waals surface area contributed by atoms with Crippen LogP contribution in [0.15, 0.2) is 24.3 Å². The van der Waals surface area contributed by atoms with Crippen LogP contribution in [0.2, 0.25) is 0 Å². The SMILES string of the molecule is CC(OCCN(C)C)c1ccc(C(N)=O)c(C2=CCC3(CCCC3)CC2)c1. The summed E-state index contributed by atoms with van der Waals surface area (Å²) in [5.74, 6) is -0.347. The summed E-state index contributed by atoms with van der Waals surface area (Å²) >= 11 is 0. The average Bonchev–Trinajstić information content (AvgIpc) is 3.09. The minimum Gasteiger partial charge on any atom is -0.372 e. The van der Waals surface area contributed by atoms with E-state index in [1.165, 1.54) is 37.7 Å². The Morgan fingerprint density at radius 2 is 2.00 bits per heavy atom. The molecule has 0 aliphatic heterocycles. The Morgan fingerprint density at radius 1 is 1.26 bits per heavy atom. The van der Waals surface area contributed by atoms with Gasteiger partial charge in [0.1, 0.15) is 0 Å². The van der Waals surface area contributed by atoms with Crippen molar-refractivity contribution in [2.45, 2.75) is 58.0 Å². The van der Waals surface area contributed by atoms with Crippen LogP contribution in [0.5, 0.6) is 0 Å². The molecule has 4 nitrogen and oxygen atoms in total. The van der Waals surface area contributed by atoms with Gasteiger partial charge in [-0.2, -0.15) is 0 Å². The minimum absolute atomic E-state index is 0.00371. The molecule has 0 aromatic heterocycles. The second-order valence-corrected chi connectivity index (χ2v) is 8.63. The zero-order valence-corrected chi connectivity index (χ0v) is 17.1. The molecule has 1 aromatic rings.